The van der Waals surface area contributed by atoms with Crippen molar-refractivity contribution in [3.63, 3.8) is 0 Å². The van der Waals surface area contributed by atoms with Crippen LogP contribution in [0.25, 0.3) is 0 Å². The Bertz CT molecular complexity index is 112. The van der Waals surface area contributed by atoms with E-state index >= 15 is 0 Å². The van der Waals surface area contributed by atoms with Crippen LogP contribution in [0.5, 0.6) is 0 Å². The van der Waals surface area contributed by atoms with E-state index in [1.807, 2.05) is 0 Å². The molecular weight excluding hydrogens is 132 g/mol. The summed E-state index contributed by atoms with van der Waals surface area (Å²) in [4.78, 5) is 10.7. The molecule has 1 rings (SSSR count). The van der Waals surface area contributed by atoms with Crippen molar-refractivity contribution in [1.82, 2.24) is 0 Å². The van der Waals surface area contributed by atoms with E-state index in [-0.39, 0.29) is 5.97 Å². The molecule has 1 fully saturated rings. The summed E-state index contributed by atoms with van der Waals surface area (Å²) in [6, 6.07) is 1.16. The smallest absolute Gasteiger partial charge is 0.292 e. The van der Waals surface area contributed by atoms with Crippen LogP contribution in [0.4, 0.5) is 0 Å². The third kappa shape index (κ3) is 1.82. The van der Waals surface area contributed by atoms with Gasteiger partial charge >= 0.3 is 0 Å². The number of carbonyl (C=O) groups excluding carboxylic acids is 1. The largest absolute Gasteiger partial charge is 0.522 e. The first kappa shape index (κ1) is 6.80. The Kier molecular flexibility index (Phi) is 1.90. The maximum absolute atomic E-state index is 10.7. The van der Waals surface area contributed by atoms with Crippen LogP contribution in [0.15, 0.2) is 0 Å². The van der Waals surface area contributed by atoms with Gasteiger partial charge in [-0.25, -0.2) is 0 Å². The second-order valence-electron chi connectivity index (χ2n) is 2.85. The lowest BCUT2D eigenvalue weighted by atomic mass is 10.1. The summed E-state index contributed by atoms with van der Waals surface area (Å²) < 4.78 is 5.06. The fourth-order valence-electron chi connectivity index (χ4n) is 1.26. The van der Waals surface area contributed by atoms with Gasteiger partial charge in [0, 0.05) is 6.42 Å². The van der Waals surface area contributed by atoms with Gasteiger partial charge in [0.1, 0.15) is 0 Å². The van der Waals surface area contributed by atoms with Crippen molar-refractivity contribution in [2.24, 2.45) is 5.92 Å². The molecule has 2 atom stereocenters. The van der Waals surface area contributed by atoms with Gasteiger partial charge in [0.05, 0.1) is 0 Å². The molecular formula is C6H12O2Si. The zero-order valence-corrected chi connectivity index (χ0v) is 7.04. The molecule has 1 saturated heterocycles. The molecule has 0 bridgehead atoms. The van der Waals surface area contributed by atoms with Crippen LogP contribution in [0.2, 0.25) is 12.6 Å². The van der Waals surface area contributed by atoms with E-state index in [1.54, 1.807) is 0 Å². The number of rotatable bonds is 0. The van der Waals surface area contributed by atoms with Crippen molar-refractivity contribution in [1.29, 1.82) is 0 Å². The normalized spacial score (nSPS) is 36.0. The van der Waals surface area contributed by atoms with E-state index in [0.29, 0.717) is 12.3 Å². The minimum atomic E-state index is -1.06. The average molecular weight is 144 g/mol. The van der Waals surface area contributed by atoms with Crippen LogP contribution >= 0.6 is 0 Å². The molecule has 1 heterocycles. The average Bonchev–Trinajstić information content (AvgIpc) is 1.59. The van der Waals surface area contributed by atoms with Crippen molar-refractivity contribution < 1.29 is 9.22 Å². The number of hydrogen-bond donors (Lipinski definition) is 0. The highest BCUT2D eigenvalue weighted by molar-refractivity contribution is 6.52. The first-order chi connectivity index (χ1) is 4.18. The SMILES string of the molecule is CC1CC(=O)O[SiH](C)C1. The lowest BCUT2D eigenvalue weighted by molar-refractivity contribution is -0.136. The van der Waals surface area contributed by atoms with Gasteiger partial charge in [-0.2, -0.15) is 0 Å². The van der Waals surface area contributed by atoms with E-state index in [1.165, 1.54) is 0 Å². The van der Waals surface area contributed by atoms with Crippen LogP contribution in [0.1, 0.15) is 13.3 Å². The Morgan fingerprint density at radius 3 is 2.89 bits per heavy atom. The van der Waals surface area contributed by atoms with Gasteiger partial charge in [0.15, 0.2) is 0 Å². The van der Waals surface area contributed by atoms with E-state index in [0.717, 1.165) is 6.04 Å². The Balaban J connectivity index is 2.43. The molecule has 1 aliphatic rings. The predicted molar refractivity (Wildman–Crippen MR) is 37.7 cm³/mol. The molecule has 0 aliphatic carbocycles. The van der Waals surface area contributed by atoms with Gasteiger partial charge < -0.3 is 4.43 Å². The summed E-state index contributed by atoms with van der Waals surface area (Å²) in [6.07, 6.45) is 0.636. The van der Waals surface area contributed by atoms with Crippen LogP contribution < -0.4 is 0 Å². The molecule has 0 aromatic carbocycles. The topological polar surface area (TPSA) is 26.3 Å². The van der Waals surface area contributed by atoms with E-state index in [9.17, 15) is 4.79 Å². The van der Waals surface area contributed by atoms with Gasteiger partial charge in [-0.1, -0.05) is 6.92 Å². The first-order valence-corrected chi connectivity index (χ1v) is 5.82. The fourth-order valence-corrected chi connectivity index (χ4v) is 3.20. The van der Waals surface area contributed by atoms with Gasteiger partial charge in [0.2, 0.25) is 9.04 Å². The highest BCUT2D eigenvalue weighted by Gasteiger charge is 2.23. The Morgan fingerprint density at radius 1 is 1.78 bits per heavy atom. The lowest BCUT2D eigenvalue weighted by Gasteiger charge is -2.22. The van der Waals surface area contributed by atoms with Crippen LogP contribution in [-0.2, 0) is 9.22 Å². The molecule has 3 heteroatoms. The second kappa shape index (κ2) is 2.52. The molecule has 52 valence electrons. The van der Waals surface area contributed by atoms with Gasteiger partial charge in [-0.05, 0) is 18.5 Å². The molecule has 9 heavy (non-hydrogen) atoms. The van der Waals surface area contributed by atoms with Crippen molar-refractivity contribution in [3.8, 4) is 0 Å². The molecule has 2 unspecified atom stereocenters. The molecule has 0 saturated carbocycles. The molecule has 0 aromatic heterocycles. The van der Waals surface area contributed by atoms with Crippen molar-refractivity contribution in [2.45, 2.75) is 25.9 Å². The quantitative estimate of drug-likeness (QED) is 0.473. The van der Waals surface area contributed by atoms with Gasteiger partial charge in [-0.3, -0.25) is 4.79 Å². The van der Waals surface area contributed by atoms with Crippen molar-refractivity contribution in [2.75, 3.05) is 0 Å². The standard InChI is InChI=1S/C6H12O2Si/c1-5-3-6(7)8-9(2)4-5/h5,9H,3-4H2,1-2H3. The zero-order chi connectivity index (χ0) is 6.85. The summed E-state index contributed by atoms with van der Waals surface area (Å²) >= 11 is 0. The number of hydrogen-bond acceptors (Lipinski definition) is 2. The maximum atomic E-state index is 10.7. The molecule has 2 nitrogen and oxygen atoms in total. The third-order valence-corrected chi connectivity index (χ3v) is 3.72. The van der Waals surface area contributed by atoms with Gasteiger partial charge in [-0.15, -0.1) is 0 Å². The highest BCUT2D eigenvalue weighted by atomic mass is 28.3. The Hall–Kier alpha value is -0.313. The maximum Gasteiger partial charge on any atom is 0.292 e. The molecule has 0 aromatic rings. The minimum absolute atomic E-state index is 0.0212. The highest BCUT2D eigenvalue weighted by Crippen LogP contribution is 2.18. The molecule has 0 amide bonds. The van der Waals surface area contributed by atoms with Crippen molar-refractivity contribution >= 4 is 15.0 Å². The summed E-state index contributed by atoms with van der Waals surface area (Å²) in [5.41, 5.74) is 0. The van der Waals surface area contributed by atoms with Crippen LogP contribution in [0.3, 0.4) is 0 Å². The molecule has 0 radical (unpaired) electrons. The molecule has 1 aliphatic heterocycles. The van der Waals surface area contributed by atoms with Crippen LogP contribution in [0, 0.1) is 5.92 Å². The Morgan fingerprint density at radius 2 is 2.44 bits per heavy atom. The minimum Gasteiger partial charge on any atom is -0.522 e. The predicted octanol–water partition coefficient (Wildman–Crippen LogP) is 0.923. The summed E-state index contributed by atoms with van der Waals surface area (Å²) in [6.45, 7) is 4.19. The summed E-state index contributed by atoms with van der Waals surface area (Å²) in [5.74, 6) is 0.598. The fraction of sp³-hybridized carbons (Fsp3) is 0.833. The molecule has 0 spiro atoms. The third-order valence-electron chi connectivity index (χ3n) is 1.58. The zero-order valence-electron chi connectivity index (χ0n) is 5.89. The van der Waals surface area contributed by atoms with Crippen molar-refractivity contribution in [3.05, 3.63) is 0 Å². The van der Waals surface area contributed by atoms with Gasteiger partial charge in [0.25, 0.3) is 5.97 Å². The number of carbonyl (C=O) groups is 1. The second-order valence-corrected chi connectivity index (χ2v) is 5.17. The first-order valence-electron chi connectivity index (χ1n) is 3.38. The monoisotopic (exact) mass is 144 g/mol. The van der Waals surface area contributed by atoms with E-state index in [4.69, 9.17) is 4.43 Å². The molecule has 0 N–H and O–H groups in total. The lowest BCUT2D eigenvalue weighted by Crippen LogP contribution is -2.28. The summed E-state index contributed by atoms with van der Waals surface area (Å²) in [5, 5.41) is 0. The summed E-state index contributed by atoms with van der Waals surface area (Å²) in [7, 11) is -1.06. The van der Waals surface area contributed by atoms with E-state index in [2.05, 4.69) is 13.5 Å². The van der Waals surface area contributed by atoms with Crippen LogP contribution in [-0.4, -0.2) is 15.0 Å². The Labute approximate surface area is 56.9 Å². The van der Waals surface area contributed by atoms with E-state index < -0.39 is 9.04 Å².